The summed E-state index contributed by atoms with van der Waals surface area (Å²) in [6.45, 7) is 8.19. The molecule has 0 spiro atoms. The maximum absolute atomic E-state index is 14.0. The van der Waals surface area contributed by atoms with Crippen LogP contribution in [0, 0.1) is 11.3 Å². The second-order valence-corrected chi connectivity index (χ2v) is 11.6. The van der Waals surface area contributed by atoms with Crippen LogP contribution in [0.4, 0.5) is 0 Å². The van der Waals surface area contributed by atoms with Crippen molar-refractivity contribution in [1.82, 2.24) is 4.57 Å². The van der Waals surface area contributed by atoms with Gasteiger partial charge in [-0.25, -0.2) is 9.79 Å². The molecule has 224 valence electrons. The highest BCUT2D eigenvalue weighted by Gasteiger charge is 2.33. The van der Waals surface area contributed by atoms with Crippen molar-refractivity contribution in [3.8, 4) is 17.6 Å². The molecule has 1 aliphatic heterocycles. The maximum atomic E-state index is 14.0. The summed E-state index contributed by atoms with van der Waals surface area (Å²) in [5.41, 5.74) is 4.64. The Bertz CT molecular complexity index is 1960. The number of nitriles is 1. The van der Waals surface area contributed by atoms with Crippen molar-refractivity contribution < 1.29 is 19.0 Å². The molecule has 2 heterocycles. The molecule has 0 saturated carbocycles. The van der Waals surface area contributed by atoms with E-state index in [4.69, 9.17) is 14.2 Å². The van der Waals surface area contributed by atoms with Crippen LogP contribution in [0.15, 0.2) is 87.8 Å². The molecule has 1 aliphatic rings. The molecule has 8 nitrogen and oxygen atoms in total. The highest BCUT2D eigenvalue weighted by Crippen LogP contribution is 2.32. The van der Waals surface area contributed by atoms with Crippen molar-refractivity contribution in [2.75, 3.05) is 13.7 Å². The first kappa shape index (κ1) is 30.5. The molecule has 0 saturated heterocycles. The van der Waals surface area contributed by atoms with Gasteiger partial charge in [0.2, 0.25) is 0 Å². The number of aromatic nitrogens is 1. The predicted octanol–water partition coefficient (Wildman–Crippen LogP) is 5.38. The fourth-order valence-corrected chi connectivity index (χ4v) is 6.17. The Morgan fingerprint density at radius 1 is 1.11 bits per heavy atom. The summed E-state index contributed by atoms with van der Waals surface area (Å²) < 4.78 is 19.0. The van der Waals surface area contributed by atoms with Crippen LogP contribution < -0.4 is 24.4 Å². The molecule has 1 unspecified atom stereocenters. The van der Waals surface area contributed by atoms with Crippen LogP contribution in [0.3, 0.4) is 0 Å². The number of carbonyl (C=O) groups is 1. The van der Waals surface area contributed by atoms with E-state index in [9.17, 15) is 14.9 Å². The van der Waals surface area contributed by atoms with Crippen LogP contribution in [-0.2, 0) is 16.1 Å². The molecule has 0 radical (unpaired) electrons. The Balaban J connectivity index is 1.54. The number of esters is 1. The smallest absolute Gasteiger partial charge is 0.338 e. The third-order valence-corrected chi connectivity index (χ3v) is 8.43. The first-order chi connectivity index (χ1) is 21.2. The molecule has 44 heavy (non-hydrogen) atoms. The number of nitrogens with zero attached hydrogens (tertiary/aromatic N) is 3. The van der Waals surface area contributed by atoms with E-state index in [0.717, 1.165) is 22.3 Å². The number of hydrogen-bond acceptors (Lipinski definition) is 8. The number of hydrogen-bond donors (Lipinski definition) is 0. The number of methoxy groups -OCH3 is 1. The van der Waals surface area contributed by atoms with E-state index in [0.29, 0.717) is 43.6 Å². The van der Waals surface area contributed by atoms with Gasteiger partial charge in [-0.05, 0) is 60.7 Å². The minimum atomic E-state index is -0.671. The van der Waals surface area contributed by atoms with Gasteiger partial charge in [0.1, 0.15) is 6.61 Å². The molecular formula is C35H33N3O5S. The highest BCUT2D eigenvalue weighted by molar-refractivity contribution is 7.07. The first-order valence-electron chi connectivity index (χ1n) is 14.3. The molecule has 1 atom stereocenters. The Morgan fingerprint density at radius 2 is 1.86 bits per heavy atom. The van der Waals surface area contributed by atoms with Gasteiger partial charge in [0.15, 0.2) is 16.3 Å². The van der Waals surface area contributed by atoms with Crippen molar-refractivity contribution in [2.24, 2.45) is 4.99 Å². The lowest BCUT2D eigenvalue weighted by atomic mass is 9.93. The fraction of sp³-hybridized carbons (Fsp3) is 0.257. The van der Waals surface area contributed by atoms with Gasteiger partial charge in [0.25, 0.3) is 5.56 Å². The summed E-state index contributed by atoms with van der Waals surface area (Å²) in [6.07, 6.45) is 1.78. The second-order valence-electron chi connectivity index (χ2n) is 10.6. The fourth-order valence-electron chi connectivity index (χ4n) is 5.13. The molecule has 0 amide bonds. The monoisotopic (exact) mass is 607 g/mol. The van der Waals surface area contributed by atoms with E-state index in [-0.39, 0.29) is 18.8 Å². The number of benzene rings is 3. The third-order valence-electron chi connectivity index (χ3n) is 7.44. The molecular weight excluding hydrogens is 574 g/mol. The van der Waals surface area contributed by atoms with Crippen LogP contribution >= 0.6 is 11.3 Å². The maximum Gasteiger partial charge on any atom is 0.338 e. The van der Waals surface area contributed by atoms with Crippen LogP contribution in [0.2, 0.25) is 0 Å². The zero-order valence-electron chi connectivity index (χ0n) is 25.3. The normalized spacial score (nSPS) is 14.6. The van der Waals surface area contributed by atoms with Crippen LogP contribution in [0.5, 0.6) is 11.5 Å². The van der Waals surface area contributed by atoms with Crippen LogP contribution in [-0.4, -0.2) is 24.3 Å². The van der Waals surface area contributed by atoms with Gasteiger partial charge < -0.3 is 14.2 Å². The summed E-state index contributed by atoms with van der Waals surface area (Å²) in [5, 5.41) is 9.38. The summed E-state index contributed by atoms with van der Waals surface area (Å²) in [6, 6.07) is 22.2. The Kier molecular flexibility index (Phi) is 9.12. The van der Waals surface area contributed by atoms with E-state index in [2.05, 4.69) is 24.9 Å². The molecule has 0 fully saturated rings. The van der Waals surface area contributed by atoms with Gasteiger partial charge >= 0.3 is 5.97 Å². The van der Waals surface area contributed by atoms with Crippen molar-refractivity contribution in [2.45, 2.75) is 46.3 Å². The minimum Gasteiger partial charge on any atom is -0.493 e. The molecule has 9 heteroatoms. The number of carbonyl (C=O) groups excluding carboxylic acids is 1. The third kappa shape index (κ3) is 6.08. The lowest BCUT2D eigenvalue weighted by molar-refractivity contribution is -0.139. The average Bonchev–Trinajstić information content (AvgIpc) is 3.33. The Labute approximate surface area is 259 Å². The van der Waals surface area contributed by atoms with Crippen LogP contribution in [0.1, 0.15) is 67.5 Å². The van der Waals surface area contributed by atoms with Crippen molar-refractivity contribution in [3.05, 3.63) is 126 Å². The first-order valence-corrected chi connectivity index (χ1v) is 15.2. The second kappa shape index (κ2) is 13.1. The van der Waals surface area contributed by atoms with E-state index < -0.39 is 12.0 Å². The summed E-state index contributed by atoms with van der Waals surface area (Å²) in [5.74, 6) is 0.858. The summed E-state index contributed by atoms with van der Waals surface area (Å²) in [7, 11) is 1.55. The topological polar surface area (TPSA) is 103 Å². The molecule has 0 bridgehead atoms. The molecule has 4 aromatic rings. The number of rotatable bonds is 9. The van der Waals surface area contributed by atoms with Crippen molar-refractivity contribution in [3.63, 3.8) is 0 Å². The summed E-state index contributed by atoms with van der Waals surface area (Å²) in [4.78, 5) is 32.3. The van der Waals surface area contributed by atoms with Crippen molar-refractivity contribution >= 4 is 23.4 Å². The van der Waals surface area contributed by atoms with Gasteiger partial charge in [-0.15, -0.1) is 0 Å². The lowest BCUT2D eigenvalue weighted by Gasteiger charge is -2.25. The molecule has 3 aromatic carbocycles. The Morgan fingerprint density at radius 3 is 2.55 bits per heavy atom. The Hall–Kier alpha value is -4.94. The van der Waals surface area contributed by atoms with E-state index in [1.165, 1.54) is 11.3 Å². The minimum absolute atomic E-state index is 0.207. The van der Waals surface area contributed by atoms with E-state index in [1.807, 2.05) is 48.5 Å². The van der Waals surface area contributed by atoms with Gasteiger partial charge in [0, 0.05) is 5.56 Å². The van der Waals surface area contributed by atoms with Gasteiger partial charge in [-0.3, -0.25) is 9.36 Å². The molecule has 0 aliphatic carbocycles. The van der Waals surface area contributed by atoms with E-state index >= 15 is 0 Å². The number of thiazole rings is 1. The highest BCUT2D eigenvalue weighted by atomic mass is 32.1. The molecule has 0 N–H and O–H groups in total. The molecule has 1 aromatic heterocycles. The van der Waals surface area contributed by atoms with Crippen LogP contribution in [0.25, 0.3) is 6.08 Å². The standard InChI is InChI=1S/C35H33N3O5S/c1-6-42-34(40)31-22(4)37-35-38(32(31)25-14-12-24(13-15-25)21(2)3)33(39)30(44-35)18-23-11-16-28(29(17-23)41-5)43-20-27-10-8-7-9-26(27)19-36/h7-18,21,32H,6,20H2,1-5H3. The average molecular weight is 608 g/mol. The zero-order chi connectivity index (χ0) is 31.4. The summed E-state index contributed by atoms with van der Waals surface area (Å²) >= 11 is 1.26. The molecule has 5 rings (SSSR count). The number of fused-ring (bicyclic) bond motifs is 1. The SMILES string of the molecule is CCOC(=O)C1=C(C)N=c2sc(=Cc3ccc(OCc4ccccc4C#N)c(OC)c3)c(=O)n2C1c1ccc(C(C)C)cc1. The quantitative estimate of drug-likeness (QED) is 0.237. The zero-order valence-corrected chi connectivity index (χ0v) is 26.1. The van der Waals surface area contributed by atoms with Crippen molar-refractivity contribution in [1.29, 1.82) is 5.26 Å². The number of ether oxygens (including phenoxy) is 3. The van der Waals surface area contributed by atoms with Gasteiger partial charge in [-0.2, -0.15) is 5.26 Å². The largest absolute Gasteiger partial charge is 0.493 e. The van der Waals surface area contributed by atoms with E-state index in [1.54, 1.807) is 49.8 Å². The van der Waals surface area contributed by atoms with Gasteiger partial charge in [0.05, 0.1) is 47.2 Å². The van der Waals surface area contributed by atoms with Gasteiger partial charge in [-0.1, -0.05) is 73.7 Å². The lowest BCUT2D eigenvalue weighted by Crippen LogP contribution is -2.39. The predicted molar refractivity (Wildman–Crippen MR) is 169 cm³/mol. The number of allylic oxidation sites excluding steroid dienone is 1.